The molecule has 0 bridgehead atoms. The number of rotatable bonds is 4. The molecule has 1 aromatic rings. The van der Waals surface area contributed by atoms with E-state index in [9.17, 15) is 4.79 Å². The molecule has 0 amide bonds. The first kappa shape index (κ1) is 14.8. The van der Waals surface area contributed by atoms with Gasteiger partial charge < -0.3 is 4.90 Å². The van der Waals surface area contributed by atoms with Gasteiger partial charge in [0.25, 0.3) is 0 Å². The first-order valence-electron chi connectivity index (χ1n) is 8.58. The Bertz CT molecular complexity index is 456. The molecular formula is C19H27NO. The molecule has 0 radical (unpaired) electrons. The Morgan fingerprint density at radius 2 is 1.71 bits per heavy atom. The van der Waals surface area contributed by atoms with Gasteiger partial charge in [0.15, 0.2) is 5.78 Å². The third-order valence-electron chi connectivity index (χ3n) is 5.41. The van der Waals surface area contributed by atoms with E-state index in [4.69, 9.17) is 0 Å². The predicted octanol–water partition coefficient (Wildman–Crippen LogP) is 4.31. The summed E-state index contributed by atoms with van der Waals surface area (Å²) in [5.74, 6) is 0.291. The van der Waals surface area contributed by atoms with E-state index in [-0.39, 0.29) is 0 Å². The molecule has 2 fully saturated rings. The van der Waals surface area contributed by atoms with Crippen molar-refractivity contribution in [3.8, 4) is 0 Å². The maximum absolute atomic E-state index is 12.2. The Kier molecular flexibility index (Phi) is 4.74. The summed E-state index contributed by atoms with van der Waals surface area (Å²) in [6, 6.07) is 9.73. The second-order valence-corrected chi connectivity index (χ2v) is 6.98. The summed E-state index contributed by atoms with van der Waals surface area (Å²) in [6.45, 7) is 3.36. The van der Waals surface area contributed by atoms with E-state index in [1.54, 1.807) is 0 Å². The molecule has 2 aliphatic rings. The van der Waals surface area contributed by atoms with E-state index in [0.29, 0.717) is 17.6 Å². The lowest BCUT2D eigenvalue weighted by atomic mass is 9.69. The quantitative estimate of drug-likeness (QED) is 0.768. The summed E-state index contributed by atoms with van der Waals surface area (Å²) < 4.78 is 0. The zero-order valence-electron chi connectivity index (χ0n) is 13.0. The van der Waals surface area contributed by atoms with E-state index in [1.165, 1.54) is 58.0 Å². The van der Waals surface area contributed by atoms with Crippen LogP contribution in [0.15, 0.2) is 30.3 Å². The van der Waals surface area contributed by atoms with Crippen LogP contribution in [0.4, 0.5) is 0 Å². The van der Waals surface area contributed by atoms with Gasteiger partial charge in [-0.1, -0.05) is 49.6 Å². The number of piperidine rings is 1. The molecule has 21 heavy (non-hydrogen) atoms. The van der Waals surface area contributed by atoms with E-state index in [1.807, 2.05) is 30.3 Å². The molecule has 1 aliphatic heterocycles. The first-order valence-corrected chi connectivity index (χ1v) is 8.58. The minimum Gasteiger partial charge on any atom is -0.302 e. The summed E-state index contributed by atoms with van der Waals surface area (Å²) in [5, 5.41) is 0. The zero-order valence-corrected chi connectivity index (χ0v) is 13.0. The highest BCUT2D eigenvalue weighted by molar-refractivity contribution is 5.96. The van der Waals surface area contributed by atoms with Crippen LogP contribution in [0.1, 0.15) is 61.7 Å². The fourth-order valence-corrected chi connectivity index (χ4v) is 4.24. The van der Waals surface area contributed by atoms with Gasteiger partial charge in [-0.3, -0.25) is 4.79 Å². The fourth-order valence-electron chi connectivity index (χ4n) is 4.24. The molecule has 2 nitrogen and oxygen atoms in total. The number of nitrogens with zero attached hydrogens (tertiary/aromatic N) is 1. The molecule has 1 heterocycles. The van der Waals surface area contributed by atoms with Gasteiger partial charge in [-0.25, -0.2) is 0 Å². The van der Waals surface area contributed by atoms with Crippen molar-refractivity contribution in [3.63, 3.8) is 0 Å². The van der Waals surface area contributed by atoms with E-state index in [2.05, 4.69) is 4.90 Å². The molecule has 0 aromatic heterocycles. The number of carbonyl (C=O) groups is 1. The van der Waals surface area contributed by atoms with Crippen molar-refractivity contribution >= 4 is 5.78 Å². The van der Waals surface area contributed by atoms with Crippen LogP contribution in [0.2, 0.25) is 0 Å². The lowest BCUT2D eigenvalue weighted by molar-refractivity contribution is 0.0518. The van der Waals surface area contributed by atoms with Crippen molar-refractivity contribution in [2.75, 3.05) is 19.6 Å². The standard InChI is InChI=1S/C19H27NO/c21-18(17-8-3-1-4-9-17)10-15-20-14-7-13-19(16-20)11-5-2-6-12-19/h1,3-4,8-9H,2,5-7,10-16H2. The summed E-state index contributed by atoms with van der Waals surface area (Å²) >= 11 is 0. The summed E-state index contributed by atoms with van der Waals surface area (Å²) in [5.41, 5.74) is 1.45. The summed E-state index contributed by atoms with van der Waals surface area (Å²) in [7, 11) is 0. The second kappa shape index (κ2) is 6.74. The van der Waals surface area contributed by atoms with E-state index >= 15 is 0 Å². The van der Waals surface area contributed by atoms with Crippen LogP contribution in [0.3, 0.4) is 0 Å². The summed E-state index contributed by atoms with van der Waals surface area (Å²) in [6.07, 6.45) is 10.5. The number of hydrogen-bond donors (Lipinski definition) is 0. The summed E-state index contributed by atoms with van der Waals surface area (Å²) in [4.78, 5) is 14.8. The Morgan fingerprint density at radius 3 is 2.48 bits per heavy atom. The molecule has 0 N–H and O–H groups in total. The van der Waals surface area contributed by atoms with Crippen LogP contribution in [-0.2, 0) is 0 Å². The number of benzene rings is 1. The van der Waals surface area contributed by atoms with Crippen LogP contribution in [0.5, 0.6) is 0 Å². The SMILES string of the molecule is O=C(CCN1CCCC2(CCCCC2)C1)c1ccccc1. The molecule has 1 aliphatic carbocycles. The maximum atomic E-state index is 12.2. The number of likely N-dealkylation sites (tertiary alicyclic amines) is 1. The molecule has 1 aromatic carbocycles. The molecule has 114 valence electrons. The average molecular weight is 285 g/mol. The number of carbonyl (C=O) groups excluding carboxylic acids is 1. The van der Waals surface area contributed by atoms with Gasteiger partial charge >= 0.3 is 0 Å². The molecule has 3 rings (SSSR count). The van der Waals surface area contributed by atoms with Gasteiger partial charge in [0.05, 0.1) is 0 Å². The van der Waals surface area contributed by atoms with Crippen molar-refractivity contribution in [3.05, 3.63) is 35.9 Å². The van der Waals surface area contributed by atoms with Crippen LogP contribution in [0.25, 0.3) is 0 Å². The predicted molar refractivity (Wildman–Crippen MR) is 86.6 cm³/mol. The second-order valence-electron chi connectivity index (χ2n) is 6.98. The van der Waals surface area contributed by atoms with Crippen molar-refractivity contribution < 1.29 is 4.79 Å². The Balaban J connectivity index is 1.52. The fraction of sp³-hybridized carbons (Fsp3) is 0.632. The zero-order chi connectivity index (χ0) is 14.5. The lowest BCUT2D eigenvalue weighted by Crippen LogP contribution is -2.44. The molecule has 2 heteroatoms. The molecular weight excluding hydrogens is 258 g/mol. The van der Waals surface area contributed by atoms with Crippen LogP contribution in [-0.4, -0.2) is 30.3 Å². The maximum Gasteiger partial charge on any atom is 0.164 e. The van der Waals surface area contributed by atoms with Crippen molar-refractivity contribution in [1.29, 1.82) is 0 Å². The lowest BCUT2D eigenvalue weighted by Gasteiger charge is -2.45. The number of hydrogen-bond acceptors (Lipinski definition) is 2. The van der Waals surface area contributed by atoms with Crippen LogP contribution in [0, 0.1) is 5.41 Å². The molecule has 1 spiro atoms. The first-order chi connectivity index (χ1) is 10.3. The highest BCUT2D eigenvalue weighted by Gasteiger charge is 2.36. The minimum absolute atomic E-state index is 0.291. The Morgan fingerprint density at radius 1 is 1.00 bits per heavy atom. The van der Waals surface area contributed by atoms with Gasteiger partial charge in [-0.05, 0) is 37.6 Å². The van der Waals surface area contributed by atoms with Gasteiger partial charge in [-0.15, -0.1) is 0 Å². The monoisotopic (exact) mass is 285 g/mol. The third kappa shape index (κ3) is 3.74. The highest BCUT2D eigenvalue weighted by Crippen LogP contribution is 2.43. The Labute approximate surface area is 128 Å². The van der Waals surface area contributed by atoms with Gasteiger partial charge in [0.2, 0.25) is 0 Å². The van der Waals surface area contributed by atoms with Gasteiger partial charge in [0, 0.05) is 25.1 Å². The normalized spacial score (nSPS) is 22.3. The van der Waals surface area contributed by atoms with Crippen molar-refractivity contribution in [2.45, 2.75) is 51.4 Å². The van der Waals surface area contributed by atoms with E-state index in [0.717, 1.165) is 12.1 Å². The van der Waals surface area contributed by atoms with Crippen molar-refractivity contribution in [2.24, 2.45) is 5.41 Å². The van der Waals surface area contributed by atoms with E-state index < -0.39 is 0 Å². The van der Waals surface area contributed by atoms with Gasteiger partial charge in [0.1, 0.15) is 0 Å². The number of Topliss-reactive ketones (excluding diaryl/α,β-unsaturated/α-hetero) is 1. The molecule has 1 saturated heterocycles. The minimum atomic E-state index is 0.291. The highest BCUT2D eigenvalue weighted by atomic mass is 16.1. The third-order valence-corrected chi connectivity index (χ3v) is 5.41. The Hall–Kier alpha value is -1.15. The molecule has 0 unspecified atom stereocenters. The topological polar surface area (TPSA) is 20.3 Å². The smallest absolute Gasteiger partial charge is 0.164 e. The van der Waals surface area contributed by atoms with Crippen LogP contribution < -0.4 is 0 Å². The molecule has 1 saturated carbocycles. The molecule has 0 atom stereocenters. The van der Waals surface area contributed by atoms with Gasteiger partial charge in [-0.2, -0.15) is 0 Å². The number of ketones is 1. The average Bonchev–Trinajstić information content (AvgIpc) is 2.54. The van der Waals surface area contributed by atoms with Crippen molar-refractivity contribution in [1.82, 2.24) is 4.90 Å². The largest absolute Gasteiger partial charge is 0.302 e. The van der Waals surface area contributed by atoms with Crippen LogP contribution >= 0.6 is 0 Å².